The largest absolute Gasteiger partial charge is 0.349 e. The Morgan fingerprint density at radius 2 is 1.95 bits per heavy atom. The van der Waals surface area contributed by atoms with Gasteiger partial charge in [0.15, 0.2) is 11.5 Å². The van der Waals surface area contributed by atoms with Crippen molar-refractivity contribution in [2.75, 3.05) is 0 Å². The zero-order valence-corrected chi connectivity index (χ0v) is 12.6. The van der Waals surface area contributed by atoms with E-state index in [0.29, 0.717) is 24.4 Å². The van der Waals surface area contributed by atoms with Gasteiger partial charge in [-0.05, 0) is 36.2 Å². The molecule has 0 spiro atoms. The molecule has 0 aliphatic heterocycles. The minimum Gasteiger partial charge on any atom is -0.349 e. The number of amides is 1. The van der Waals surface area contributed by atoms with Crippen molar-refractivity contribution in [2.24, 2.45) is 0 Å². The van der Waals surface area contributed by atoms with Gasteiger partial charge in [-0.1, -0.05) is 29.8 Å². The first-order valence-electron chi connectivity index (χ1n) is 7.02. The predicted octanol–water partition coefficient (Wildman–Crippen LogP) is 2.63. The fourth-order valence-corrected chi connectivity index (χ4v) is 2.31. The van der Waals surface area contributed by atoms with Gasteiger partial charge < -0.3 is 5.32 Å². The summed E-state index contributed by atoms with van der Waals surface area (Å²) in [6, 6.07) is 13.2. The second-order valence-corrected chi connectivity index (χ2v) is 5.38. The van der Waals surface area contributed by atoms with Crippen LogP contribution in [0.3, 0.4) is 0 Å². The van der Waals surface area contributed by atoms with Crippen molar-refractivity contribution in [3.63, 3.8) is 0 Å². The number of hydrogen-bond donors (Lipinski definition) is 1. The number of pyridine rings is 1. The standard InChI is InChI=1S/C16H15ClN4O/c17-13-7-4-12(5-8-13)6-9-16(22)18-11-15-20-19-14-3-1-2-10-21(14)15/h1-5,7-8,10H,6,9,11H2,(H,18,22). The Kier molecular flexibility index (Phi) is 4.34. The summed E-state index contributed by atoms with van der Waals surface area (Å²) in [6.45, 7) is 0.366. The highest BCUT2D eigenvalue weighted by atomic mass is 35.5. The second-order valence-electron chi connectivity index (χ2n) is 4.95. The summed E-state index contributed by atoms with van der Waals surface area (Å²) in [5.41, 5.74) is 1.86. The molecule has 2 aromatic heterocycles. The zero-order chi connectivity index (χ0) is 15.4. The number of hydrogen-bond acceptors (Lipinski definition) is 3. The van der Waals surface area contributed by atoms with Gasteiger partial charge in [0.1, 0.15) is 0 Å². The van der Waals surface area contributed by atoms with Crippen LogP contribution in [-0.4, -0.2) is 20.5 Å². The highest BCUT2D eigenvalue weighted by Crippen LogP contribution is 2.11. The average Bonchev–Trinajstić information content (AvgIpc) is 2.96. The summed E-state index contributed by atoms with van der Waals surface area (Å²) < 4.78 is 1.86. The maximum atomic E-state index is 11.9. The van der Waals surface area contributed by atoms with Crippen LogP contribution in [0, 0.1) is 0 Å². The lowest BCUT2D eigenvalue weighted by Crippen LogP contribution is -2.24. The Morgan fingerprint density at radius 3 is 2.77 bits per heavy atom. The molecule has 0 bridgehead atoms. The molecule has 0 atom stereocenters. The Bertz CT molecular complexity index is 782. The summed E-state index contributed by atoms with van der Waals surface area (Å²) >= 11 is 5.83. The molecule has 6 heteroatoms. The fourth-order valence-electron chi connectivity index (χ4n) is 2.19. The molecule has 0 aliphatic carbocycles. The first-order chi connectivity index (χ1) is 10.7. The van der Waals surface area contributed by atoms with Crippen molar-refractivity contribution < 1.29 is 4.79 Å². The van der Waals surface area contributed by atoms with Gasteiger partial charge in [-0.3, -0.25) is 9.20 Å². The van der Waals surface area contributed by atoms with E-state index < -0.39 is 0 Å². The lowest BCUT2D eigenvalue weighted by molar-refractivity contribution is -0.121. The number of rotatable bonds is 5. The predicted molar refractivity (Wildman–Crippen MR) is 84.6 cm³/mol. The smallest absolute Gasteiger partial charge is 0.220 e. The summed E-state index contributed by atoms with van der Waals surface area (Å²) in [7, 11) is 0. The van der Waals surface area contributed by atoms with Crippen LogP contribution < -0.4 is 5.32 Å². The minimum atomic E-state index is -0.0115. The van der Waals surface area contributed by atoms with Crippen molar-refractivity contribution >= 4 is 23.2 Å². The molecule has 0 fully saturated rings. The number of benzene rings is 1. The molecule has 2 heterocycles. The molecule has 0 saturated heterocycles. The molecule has 0 unspecified atom stereocenters. The van der Waals surface area contributed by atoms with Gasteiger partial charge in [0, 0.05) is 17.6 Å². The molecule has 1 amide bonds. The molecule has 0 aliphatic rings. The van der Waals surface area contributed by atoms with Gasteiger partial charge in [-0.15, -0.1) is 10.2 Å². The molecular formula is C16H15ClN4O. The third-order valence-corrected chi connectivity index (χ3v) is 3.63. The van der Waals surface area contributed by atoms with E-state index in [4.69, 9.17) is 11.6 Å². The lowest BCUT2D eigenvalue weighted by Gasteiger charge is -2.04. The number of aromatic nitrogens is 3. The summed E-state index contributed by atoms with van der Waals surface area (Å²) in [6.07, 6.45) is 2.99. The molecule has 112 valence electrons. The van der Waals surface area contributed by atoms with E-state index in [1.807, 2.05) is 53.1 Å². The maximum Gasteiger partial charge on any atom is 0.220 e. The number of carbonyl (C=O) groups excluding carboxylic acids is 1. The molecule has 0 saturated carbocycles. The van der Waals surface area contributed by atoms with E-state index in [9.17, 15) is 4.79 Å². The number of halogens is 1. The van der Waals surface area contributed by atoms with Crippen LogP contribution in [0.5, 0.6) is 0 Å². The van der Waals surface area contributed by atoms with Gasteiger partial charge in [0.25, 0.3) is 0 Å². The summed E-state index contributed by atoms with van der Waals surface area (Å²) in [5, 5.41) is 11.7. The lowest BCUT2D eigenvalue weighted by atomic mass is 10.1. The van der Waals surface area contributed by atoms with Crippen LogP contribution in [-0.2, 0) is 17.8 Å². The number of nitrogens with one attached hydrogen (secondary N) is 1. The van der Waals surface area contributed by atoms with Crippen LogP contribution in [0.15, 0.2) is 48.7 Å². The molecule has 3 rings (SSSR count). The maximum absolute atomic E-state index is 11.9. The number of carbonyl (C=O) groups is 1. The van der Waals surface area contributed by atoms with E-state index in [1.165, 1.54) is 0 Å². The molecule has 0 radical (unpaired) electrons. The Morgan fingerprint density at radius 1 is 1.14 bits per heavy atom. The van der Waals surface area contributed by atoms with Crippen LogP contribution in [0.2, 0.25) is 5.02 Å². The molecule has 3 aromatic rings. The third kappa shape index (κ3) is 3.43. The molecule has 1 aromatic carbocycles. The Hall–Kier alpha value is -2.40. The summed E-state index contributed by atoms with van der Waals surface area (Å²) in [4.78, 5) is 11.9. The average molecular weight is 315 g/mol. The van der Waals surface area contributed by atoms with Gasteiger partial charge in [-0.25, -0.2) is 0 Å². The number of nitrogens with zero attached hydrogens (tertiary/aromatic N) is 3. The highest BCUT2D eigenvalue weighted by molar-refractivity contribution is 6.30. The van der Waals surface area contributed by atoms with Crippen molar-refractivity contribution in [2.45, 2.75) is 19.4 Å². The monoisotopic (exact) mass is 314 g/mol. The van der Waals surface area contributed by atoms with E-state index in [2.05, 4.69) is 15.5 Å². The Labute approximate surface area is 132 Å². The molecular weight excluding hydrogens is 300 g/mol. The highest BCUT2D eigenvalue weighted by Gasteiger charge is 2.07. The van der Waals surface area contributed by atoms with Crippen molar-refractivity contribution in [3.05, 3.63) is 65.1 Å². The van der Waals surface area contributed by atoms with Crippen LogP contribution in [0.1, 0.15) is 17.8 Å². The molecule has 5 nitrogen and oxygen atoms in total. The topological polar surface area (TPSA) is 59.3 Å². The van der Waals surface area contributed by atoms with Gasteiger partial charge >= 0.3 is 0 Å². The normalized spacial score (nSPS) is 10.8. The molecule has 22 heavy (non-hydrogen) atoms. The van der Waals surface area contributed by atoms with Gasteiger partial charge in [0.2, 0.25) is 5.91 Å². The third-order valence-electron chi connectivity index (χ3n) is 3.38. The fraction of sp³-hybridized carbons (Fsp3) is 0.188. The van der Waals surface area contributed by atoms with Crippen LogP contribution >= 0.6 is 11.6 Å². The van der Waals surface area contributed by atoms with E-state index in [1.54, 1.807) is 0 Å². The van der Waals surface area contributed by atoms with E-state index in [-0.39, 0.29) is 5.91 Å². The van der Waals surface area contributed by atoms with Gasteiger partial charge in [-0.2, -0.15) is 0 Å². The van der Waals surface area contributed by atoms with Crippen molar-refractivity contribution in [3.8, 4) is 0 Å². The van der Waals surface area contributed by atoms with Crippen LogP contribution in [0.4, 0.5) is 0 Å². The quantitative estimate of drug-likeness (QED) is 0.787. The summed E-state index contributed by atoms with van der Waals surface area (Å²) in [5.74, 6) is 0.707. The minimum absolute atomic E-state index is 0.0115. The van der Waals surface area contributed by atoms with E-state index >= 15 is 0 Å². The van der Waals surface area contributed by atoms with Crippen molar-refractivity contribution in [1.29, 1.82) is 0 Å². The second kappa shape index (κ2) is 6.58. The first-order valence-corrected chi connectivity index (χ1v) is 7.40. The van der Waals surface area contributed by atoms with Gasteiger partial charge in [0.05, 0.1) is 6.54 Å². The van der Waals surface area contributed by atoms with Crippen molar-refractivity contribution in [1.82, 2.24) is 19.9 Å². The van der Waals surface area contributed by atoms with Crippen LogP contribution in [0.25, 0.3) is 5.65 Å². The Balaban J connectivity index is 1.53. The van der Waals surface area contributed by atoms with E-state index in [0.717, 1.165) is 17.0 Å². The number of fused-ring (bicyclic) bond motifs is 1. The first kappa shape index (κ1) is 14.5. The SMILES string of the molecule is O=C(CCc1ccc(Cl)cc1)NCc1nnc2ccccn12. The molecule has 1 N–H and O–H groups in total. The zero-order valence-electron chi connectivity index (χ0n) is 11.9. The number of aryl methyl sites for hydroxylation is 1.